The van der Waals surface area contributed by atoms with E-state index in [2.05, 4.69) is 5.32 Å². The van der Waals surface area contributed by atoms with Crippen molar-refractivity contribution in [1.29, 1.82) is 0 Å². The summed E-state index contributed by atoms with van der Waals surface area (Å²) in [6.45, 7) is 1.99. The number of anilines is 1. The van der Waals surface area contributed by atoms with Crippen molar-refractivity contribution >= 4 is 11.6 Å². The number of methoxy groups -OCH3 is 1. The molecule has 0 spiro atoms. The molecule has 1 heterocycles. The monoisotopic (exact) mass is 248 g/mol. The lowest BCUT2D eigenvalue weighted by Gasteiger charge is -2.19. The molecule has 18 heavy (non-hydrogen) atoms. The predicted octanol–water partition coefficient (Wildman–Crippen LogP) is 1.66. The van der Waals surface area contributed by atoms with Gasteiger partial charge in [-0.15, -0.1) is 0 Å². The summed E-state index contributed by atoms with van der Waals surface area (Å²) in [6, 6.07) is 7.56. The molecule has 1 aromatic carbocycles. The Labute approximate surface area is 108 Å². The van der Waals surface area contributed by atoms with Crippen LogP contribution in [0.15, 0.2) is 24.3 Å². The Morgan fingerprint density at radius 2 is 2.17 bits per heavy atom. The second-order valence-electron chi connectivity index (χ2n) is 4.71. The van der Waals surface area contributed by atoms with Crippen molar-refractivity contribution < 1.29 is 9.53 Å². The van der Waals surface area contributed by atoms with Gasteiger partial charge < -0.3 is 15.0 Å². The van der Waals surface area contributed by atoms with Crippen molar-refractivity contribution in [2.45, 2.75) is 12.8 Å². The van der Waals surface area contributed by atoms with Crippen molar-refractivity contribution in [2.24, 2.45) is 5.92 Å². The highest BCUT2D eigenvalue weighted by Crippen LogP contribution is 2.20. The summed E-state index contributed by atoms with van der Waals surface area (Å²) in [5, 5.41) is 3.28. The molecule has 1 aliphatic rings. The van der Waals surface area contributed by atoms with E-state index >= 15 is 0 Å². The zero-order chi connectivity index (χ0) is 13.0. The minimum absolute atomic E-state index is 0.175. The van der Waals surface area contributed by atoms with Crippen LogP contribution in [0, 0.1) is 5.92 Å². The first-order chi connectivity index (χ1) is 8.70. The number of nitrogens with one attached hydrogen (secondary N) is 1. The van der Waals surface area contributed by atoms with Gasteiger partial charge in [0.1, 0.15) is 5.75 Å². The zero-order valence-electron chi connectivity index (χ0n) is 11.0. The first-order valence-electron chi connectivity index (χ1n) is 6.32. The van der Waals surface area contributed by atoms with Crippen molar-refractivity contribution in [2.75, 3.05) is 32.1 Å². The molecule has 0 aromatic heterocycles. The summed E-state index contributed by atoms with van der Waals surface area (Å²) in [7, 11) is 3.46. The third kappa shape index (κ3) is 3.01. The molecule has 1 aromatic rings. The summed E-state index contributed by atoms with van der Waals surface area (Å²) in [5.74, 6) is 1.46. The summed E-state index contributed by atoms with van der Waals surface area (Å²) in [6.07, 6.45) is 1.72. The van der Waals surface area contributed by atoms with Crippen molar-refractivity contribution in [3.05, 3.63) is 24.3 Å². The second-order valence-corrected chi connectivity index (χ2v) is 4.71. The van der Waals surface area contributed by atoms with Crippen LogP contribution < -0.4 is 15.0 Å². The minimum Gasteiger partial charge on any atom is -0.497 e. The SMILES string of the molecule is COc1ccc(N(C)C(=O)CC2CCNC2)cc1. The topological polar surface area (TPSA) is 41.6 Å². The Morgan fingerprint density at radius 1 is 1.44 bits per heavy atom. The maximum absolute atomic E-state index is 12.1. The highest BCUT2D eigenvalue weighted by atomic mass is 16.5. The number of benzene rings is 1. The summed E-state index contributed by atoms with van der Waals surface area (Å²) >= 11 is 0. The first kappa shape index (κ1) is 12.9. The van der Waals surface area contributed by atoms with E-state index in [1.165, 1.54) is 0 Å². The zero-order valence-corrected chi connectivity index (χ0v) is 11.0. The van der Waals surface area contributed by atoms with E-state index in [4.69, 9.17) is 4.74 Å². The highest BCUT2D eigenvalue weighted by molar-refractivity contribution is 5.93. The molecule has 2 rings (SSSR count). The van der Waals surface area contributed by atoms with E-state index in [1.54, 1.807) is 12.0 Å². The lowest BCUT2D eigenvalue weighted by molar-refractivity contribution is -0.119. The number of hydrogen-bond acceptors (Lipinski definition) is 3. The molecule has 1 atom stereocenters. The van der Waals surface area contributed by atoms with Gasteiger partial charge in [0.25, 0.3) is 0 Å². The number of ether oxygens (including phenoxy) is 1. The number of amides is 1. The van der Waals surface area contributed by atoms with Crippen molar-refractivity contribution in [1.82, 2.24) is 5.32 Å². The fourth-order valence-electron chi connectivity index (χ4n) is 2.22. The van der Waals surface area contributed by atoms with E-state index in [-0.39, 0.29) is 5.91 Å². The van der Waals surface area contributed by atoms with Crippen LogP contribution in [0.25, 0.3) is 0 Å². The average molecular weight is 248 g/mol. The molecule has 4 heteroatoms. The van der Waals surface area contributed by atoms with Crippen LogP contribution in [-0.4, -0.2) is 33.2 Å². The molecule has 0 saturated carbocycles. The van der Waals surface area contributed by atoms with Gasteiger partial charge in [0, 0.05) is 19.2 Å². The molecule has 1 unspecified atom stereocenters. The van der Waals surface area contributed by atoms with Gasteiger partial charge in [0.2, 0.25) is 5.91 Å². The van der Waals surface area contributed by atoms with E-state index in [0.717, 1.165) is 30.9 Å². The standard InChI is InChI=1S/C14H20N2O2/c1-16(12-3-5-13(18-2)6-4-12)14(17)9-11-7-8-15-10-11/h3-6,11,15H,7-10H2,1-2H3. The fraction of sp³-hybridized carbons (Fsp3) is 0.500. The van der Waals surface area contributed by atoms with Crippen LogP contribution >= 0.6 is 0 Å². The van der Waals surface area contributed by atoms with Crippen LogP contribution in [0.5, 0.6) is 5.75 Å². The van der Waals surface area contributed by atoms with Crippen LogP contribution in [0.4, 0.5) is 5.69 Å². The molecule has 98 valence electrons. The molecule has 1 N–H and O–H groups in total. The van der Waals surface area contributed by atoms with Crippen LogP contribution in [0.1, 0.15) is 12.8 Å². The quantitative estimate of drug-likeness (QED) is 0.881. The van der Waals surface area contributed by atoms with Gasteiger partial charge in [-0.2, -0.15) is 0 Å². The van der Waals surface area contributed by atoms with Gasteiger partial charge in [-0.05, 0) is 49.7 Å². The molecule has 1 fully saturated rings. The number of carbonyl (C=O) groups excluding carboxylic acids is 1. The number of carbonyl (C=O) groups is 1. The molecular weight excluding hydrogens is 228 g/mol. The lowest BCUT2D eigenvalue weighted by atomic mass is 10.0. The summed E-state index contributed by atoms with van der Waals surface area (Å²) < 4.78 is 5.11. The fourth-order valence-corrected chi connectivity index (χ4v) is 2.22. The van der Waals surface area contributed by atoms with Crippen LogP contribution in [-0.2, 0) is 4.79 Å². The minimum atomic E-state index is 0.175. The molecular formula is C14H20N2O2. The van der Waals surface area contributed by atoms with Gasteiger partial charge >= 0.3 is 0 Å². The number of rotatable bonds is 4. The van der Waals surface area contributed by atoms with Gasteiger partial charge in [-0.3, -0.25) is 4.79 Å². The molecule has 0 radical (unpaired) electrons. The molecule has 1 aliphatic heterocycles. The Balaban J connectivity index is 1.95. The Hall–Kier alpha value is -1.55. The second kappa shape index (κ2) is 5.87. The summed E-state index contributed by atoms with van der Waals surface area (Å²) in [5.41, 5.74) is 0.909. The Bertz CT molecular complexity index is 397. The van der Waals surface area contributed by atoms with Gasteiger partial charge in [-0.25, -0.2) is 0 Å². The largest absolute Gasteiger partial charge is 0.497 e. The summed E-state index contributed by atoms with van der Waals surface area (Å²) in [4.78, 5) is 13.8. The number of hydrogen-bond donors (Lipinski definition) is 1. The molecule has 1 amide bonds. The van der Waals surface area contributed by atoms with Gasteiger partial charge in [0.05, 0.1) is 7.11 Å². The normalized spacial score (nSPS) is 18.7. The van der Waals surface area contributed by atoms with E-state index < -0.39 is 0 Å². The average Bonchev–Trinajstić information content (AvgIpc) is 2.91. The number of nitrogens with zero attached hydrogens (tertiary/aromatic N) is 1. The van der Waals surface area contributed by atoms with Crippen LogP contribution in [0.3, 0.4) is 0 Å². The smallest absolute Gasteiger partial charge is 0.227 e. The maximum atomic E-state index is 12.1. The Kier molecular flexibility index (Phi) is 4.20. The maximum Gasteiger partial charge on any atom is 0.227 e. The van der Waals surface area contributed by atoms with E-state index in [0.29, 0.717) is 12.3 Å². The molecule has 4 nitrogen and oxygen atoms in total. The van der Waals surface area contributed by atoms with Gasteiger partial charge in [-0.1, -0.05) is 0 Å². The lowest BCUT2D eigenvalue weighted by Crippen LogP contribution is -2.28. The van der Waals surface area contributed by atoms with E-state index in [1.807, 2.05) is 31.3 Å². The van der Waals surface area contributed by atoms with Crippen molar-refractivity contribution in [3.8, 4) is 5.75 Å². The third-order valence-corrected chi connectivity index (χ3v) is 3.46. The molecule has 1 saturated heterocycles. The van der Waals surface area contributed by atoms with Crippen LogP contribution in [0.2, 0.25) is 0 Å². The first-order valence-corrected chi connectivity index (χ1v) is 6.32. The van der Waals surface area contributed by atoms with Crippen molar-refractivity contribution in [3.63, 3.8) is 0 Å². The Morgan fingerprint density at radius 3 is 2.72 bits per heavy atom. The van der Waals surface area contributed by atoms with Gasteiger partial charge in [0.15, 0.2) is 0 Å². The third-order valence-electron chi connectivity index (χ3n) is 3.46. The molecule has 0 aliphatic carbocycles. The molecule has 0 bridgehead atoms. The van der Waals surface area contributed by atoms with E-state index in [9.17, 15) is 4.79 Å². The predicted molar refractivity (Wildman–Crippen MR) is 72.0 cm³/mol. The highest BCUT2D eigenvalue weighted by Gasteiger charge is 2.20.